The van der Waals surface area contributed by atoms with Crippen LogP contribution in [0.4, 0.5) is 5.82 Å². The molecule has 104 valence electrons. The highest BCUT2D eigenvalue weighted by molar-refractivity contribution is 7.89. The first kappa shape index (κ1) is 12.6. The van der Waals surface area contributed by atoms with Crippen LogP contribution in [-0.2, 0) is 16.6 Å². The smallest absolute Gasteiger partial charge is 0.260 e. The molecular formula is C11H11N5O3S. The van der Waals surface area contributed by atoms with Gasteiger partial charge in [-0.2, -0.15) is 0 Å². The number of nitrogens with one attached hydrogen (secondary N) is 1. The Bertz CT molecular complexity index is 838. The molecule has 0 unspecified atom stereocenters. The van der Waals surface area contributed by atoms with Crippen molar-refractivity contribution in [2.75, 3.05) is 5.73 Å². The van der Waals surface area contributed by atoms with Crippen LogP contribution in [0.1, 0.15) is 5.76 Å². The number of aromatic nitrogens is 3. The summed E-state index contributed by atoms with van der Waals surface area (Å²) in [6, 6.07) is 6.69. The Hall–Kier alpha value is -2.39. The van der Waals surface area contributed by atoms with Crippen molar-refractivity contribution in [1.29, 1.82) is 0 Å². The molecule has 0 aromatic carbocycles. The molecule has 20 heavy (non-hydrogen) atoms. The number of rotatable bonds is 4. The number of fused-ring (bicyclic) bond motifs is 1. The molecule has 8 nitrogen and oxygen atoms in total. The number of imidazole rings is 1. The van der Waals surface area contributed by atoms with Gasteiger partial charge >= 0.3 is 0 Å². The van der Waals surface area contributed by atoms with Crippen LogP contribution in [0.5, 0.6) is 0 Å². The molecule has 0 spiro atoms. The van der Waals surface area contributed by atoms with Crippen LogP contribution in [0.15, 0.2) is 46.2 Å². The average molecular weight is 293 g/mol. The highest BCUT2D eigenvalue weighted by Crippen LogP contribution is 2.19. The van der Waals surface area contributed by atoms with Gasteiger partial charge in [-0.3, -0.25) is 4.40 Å². The van der Waals surface area contributed by atoms with Gasteiger partial charge in [-0.25, -0.2) is 18.1 Å². The summed E-state index contributed by atoms with van der Waals surface area (Å²) in [6.45, 7) is -0.0121. The quantitative estimate of drug-likeness (QED) is 0.718. The highest BCUT2D eigenvalue weighted by Gasteiger charge is 2.23. The fraction of sp³-hybridized carbons (Fsp3) is 0.0909. The zero-order valence-corrected chi connectivity index (χ0v) is 11.0. The molecule has 0 fully saturated rings. The van der Waals surface area contributed by atoms with Gasteiger partial charge in [-0.15, -0.1) is 0 Å². The van der Waals surface area contributed by atoms with E-state index in [1.165, 1.54) is 10.6 Å². The first-order valence-electron chi connectivity index (χ1n) is 5.70. The van der Waals surface area contributed by atoms with Crippen LogP contribution in [0, 0.1) is 0 Å². The van der Waals surface area contributed by atoms with Crippen molar-refractivity contribution in [3.8, 4) is 0 Å². The predicted octanol–water partition coefficient (Wildman–Crippen LogP) is 0.383. The van der Waals surface area contributed by atoms with Gasteiger partial charge in [0.15, 0.2) is 16.6 Å². The van der Waals surface area contributed by atoms with E-state index >= 15 is 0 Å². The predicted molar refractivity (Wildman–Crippen MR) is 70.1 cm³/mol. The van der Waals surface area contributed by atoms with Crippen molar-refractivity contribution >= 4 is 21.5 Å². The SMILES string of the molecule is Nc1nc2ccccn2c1S(=O)(=O)NCc1ccno1. The number of hydrogen-bond donors (Lipinski definition) is 2. The van der Waals surface area contributed by atoms with E-state index in [0.717, 1.165) is 0 Å². The maximum absolute atomic E-state index is 12.3. The van der Waals surface area contributed by atoms with Gasteiger partial charge in [-0.05, 0) is 12.1 Å². The summed E-state index contributed by atoms with van der Waals surface area (Å²) in [5.41, 5.74) is 6.16. The van der Waals surface area contributed by atoms with E-state index in [1.54, 1.807) is 30.5 Å². The molecule has 0 atom stereocenters. The fourth-order valence-corrected chi connectivity index (χ4v) is 3.03. The van der Waals surface area contributed by atoms with E-state index in [9.17, 15) is 8.42 Å². The second-order valence-electron chi connectivity index (χ2n) is 4.03. The van der Waals surface area contributed by atoms with Crippen LogP contribution < -0.4 is 10.5 Å². The Morgan fingerprint density at radius 2 is 2.20 bits per heavy atom. The molecule has 0 aliphatic carbocycles. The molecule has 0 saturated carbocycles. The van der Waals surface area contributed by atoms with Crippen LogP contribution in [0.25, 0.3) is 5.65 Å². The molecule has 0 amide bonds. The number of sulfonamides is 1. The second-order valence-corrected chi connectivity index (χ2v) is 5.72. The Morgan fingerprint density at radius 1 is 1.35 bits per heavy atom. The zero-order valence-electron chi connectivity index (χ0n) is 10.2. The highest BCUT2D eigenvalue weighted by atomic mass is 32.2. The Labute approximate surface area is 114 Å². The zero-order chi connectivity index (χ0) is 14.2. The Balaban J connectivity index is 1.98. The third kappa shape index (κ3) is 2.12. The van der Waals surface area contributed by atoms with Crippen LogP contribution in [0.2, 0.25) is 0 Å². The first-order valence-corrected chi connectivity index (χ1v) is 7.18. The molecule has 0 radical (unpaired) electrons. The summed E-state index contributed by atoms with van der Waals surface area (Å²) in [5, 5.41) is 3.41. The summed E-state index contributed by atoms with van der Waals surface area (Å²) in [6.07, 6.45) is 3.02. The van der Waals surface area contributed by atoms with E-state index in [-0.39, 0.29) is 17.4 Å². The number of nitrogens with zero attached hydrogens (tertiary/aromatic N) is 3. The van der Waals surface area contributed by atoms with E-state index in [2.05, 4.69) is 14.9 Å². The van der Waals surface area contributed by atoms with E-state index in [4.69, 9.17) is 10.3 Å². The van der Waals surface area contributed by atoms with Crippen molar-refractivity contribution < 1.29 is 12.9 Å². The van der Waals surface area contributed by atoms with Gasteiger partial charge in [0.2, 0.25) is 0 Å². The monoisotopic (exact) mass is 293 g/mol. The molecule has 0 bridgehead atoms. The molecular weight excluding hydrogens is 282 g/mol. The van der Waals surface area contributed by atoms with E-state index in [1.807, 2.05) is 0 Å². The van der Waals surface area contributed by atoms with E-state index < -0.39 is 10.0 Å². The van der Waals surface area contributed by atoms with Crippen LogP contribution in [0.3, 0.4) is 0 Å². The molecule has 0 saturated heterocycles. The molecule has 3 aromatic rings. The molecule has 0 aliphatic rings. The standard InChI is InChI=1S/C11H11N5O3S/c12-10-11(16-6-2-1-3-9(16)15-10)20(17,18)14-7-8-4-5-13-19-8/h1-6,14H,7,12H2. The molecule has 3 N–H and O–H groups in total. The normalized spacial score (nSPS) is 12.0. The minimum absolute atomic E-state index is 0.0121. The molecule has 3 rings (SSSR count). The van der Waals surface area contributed by atoms with Crippen molar-refractivity contribution in [2.24, 2.45) is 0 Å². The van der Waals surface area contributed by atoms with E-state index in [0.29, 0.717) is 11.4 Å². The summed E-state index contributed by atoms with van der Waals surface area (Å²) in [5.74, 6) is 0.349. The van der Waals surface area contributed by atoms with Gasteiger partial charge in [0, 0.05) is 12.3 Å². The number of pyridine rings is 1. The first-order chi connectivity index (χ1) is 9.58. The molecule has 3 heterocycles. The fourth-order valence-electron chi connectivity index (χ4n) is 1.83. The summed E-state index contributed by atoms with van der Waals surface area (Å²) < 4.78 is 33.3. The minimum Gasteiger partial charge on any atom is -0.381 e. The van der Waals surface area contributed by atoms with Gasteiger partial charge in [-0.1, -0.05) is 11.2 Å². The number of nitrogen functional groups attached to an aromatic ring is 1. The third-order valence-electron chi connectivity index (χ3n) is 2.69. The summed E-state index contributed by atoms with van der Waals surface area (Å²) in [4.78, 5) is 4.01. The van der Waals surface area contributed by atoms with Crippen molar-refractivity contribution in [2.45, 2.75) is 11.6 Å². The van der Waals surface area contributed by atoms with Gasteiger partial charge in [0.05, 0.1) is 12.7 Å². The maximum atomic E-state index is 12.3. The van der Waals surface area contributed by atoms with Crippen molar-refractivity contribution in [3.63, 3.8) is 0 Å². The lowest BCUT2D eigenvalue weighted by atomic mass is 10.5. The maximum Gasteiger partial charge on any atom is 0.260 e. The van der Waals surface area contributed by atoms with Crippen LogP contribution in [-0.4, -0.2) is 23.0 Å². The van der Waals surface area contributed by atoms with Crippen molar-refractivity contribution in [1.82, 2.24) is 19.3 Å². The van der Waals surface area contributed by atoms with Crippen LogP contribution >= 0.6 is 0 Å². The largest absolute Gasteiger partial charge is 0.381 e. The number of nitrogens with two attached hydrogens (primary N) is 1. The number of anilines is 1. The lowest BCUT2D eigenvalue weighted by Crippen LogP contribution is -2.25. The second kappa shape index (κ2) is 4.62. The molecule has 0 aliphatic heterocycles. The number of hydrogen-bond acceptors (Lipinski definition) is 6. The van der Waals surface area contributed by atoms with Gasteiger partial charge in [0.25, 0.3) is 10.0 Å². The topological polar surface area (TPSA) is 116 Å². The van der Waals surface area contributed by atoms with Gasteiger partial charge in [0.1, 0.15) is 5.65 Å². The summed E-state index contributed by atoms with van der Waals surface area (Å²) in [7, 11) is -3.81. The third-order valence-corrected chi connectivity index (χ3v) is 4.13. The van der Waals surface area contributed by atoms with Crippen molar-refractivity contribution in [3.05, 3.63) is 42.4 Å². The van der Waals surface area contributed by atoms with Gasteiger partial charge < -0.3 is 10.3 Å². The lowest BCUT2D eigenvalue weighted by molar-refractivity contribution is 0.380. The minimum atomic E-state index is -3.81. The molecule has 3 aromatic heterocycles. The molecule has 9 heteroatoms. The Morgan fingerprint density at radius 3 is 2.95 bits per heavy atom. The summed E-state index contributed by atoms with van der Waals surface area (Å²) >= 11 is 0. The Kier molecular flexibility index (Phi) is 2.92. The average Bonchev–Trinajstić information content (AvgIpc) is 3.02. The lowest BCUT2D eigenvalue weighted by Gasteiger charge is -2.05.